The molecule has 0 unspecified atom stereocenters. The van der Waals surface area contributed by atoms with Gasteiger partial charge in [-0.2, -0.15) is 0 Å². The van der Waals surface area contributed by atoms with Crippen LogP contribution in [0.2, 0.25) is 0 Å². The van der Waals surface area contributed by atoms with Crippen LogP contribution in [0.25, 0.3) is 72.5 Å². The van der Waals surface area contributed by atoms with E-state index in [4.69, 9.17) is 9.98 Å². The van der Waals surface area contributed by atoms with Gasteiger partial charge in [0.05, 0.1) is 5.70 Å². The lowest BCUT2D eigenvalue weighted by Crippen LogP contribution is -2.27. The second-order valence-corrected chi connectivity index (χ2v) is 17.4. The van der Waals surface area contributed by atoms with Gasteiger partial charge in [0.2, 0.25) is 0 Å². The van der Waals surface area contributed by atoms with Crippen LogP contribution in [0.5, 0.6) is 0 Å². The standard InChI is InChI=1S/C65H51N3/c1-7-22-46(23-8-1)58-45-59(62(49-28-13-4-14-29-49)63(50-30-15-5-16-31-50)61(58)48-26-11-3-12-27-48)56-38-20-36-54(43-56)52-34-19-35-53(42-52)55-37-21-39-57(44-55)64-66-41-40-60(47-24-9-2-10-25-47)67-65(68-64)51-32-17-6-18-33-51/h2-4,6-7,9-15,17-40,42-45H,1,5,8,16,41H2,(H,66,67,68)/b60-40+. The molecular weight excluding hydrogens is 823 g/mol. The molecule has 2 aliphatic carbocycles. The van der Waals surface area contributed by atoms with Crippen molar-refractivity contribution < 1.29 is 0 Å². The second kappa shape index (κ2) is 19.6. The zero-order valence-corrected chi connectivity index (χ0v) is 38.0. The highest BCUT2D eigenvalue weighted by Gasteiger charge is 2.25. The third kappa shape index (κ3) is 8.95. The summed E-state index contributed by atoms with van der Waals surface area (Å²) in [6.07, 6.45) is 20.5. The van der Waals surface area contributed by atoms with Gasteiger partial charge in [0.25, 0.3) is 0 Å². The number of rotatable bonds is 10. The van der Waals surface area contributed by atoms with E-state index in [0.717, 1.165) is 70.6 Å². The summed E-state index contributed by atoms with van der Waals surface area (Å²) in [6.45, 7) is 0.594. The molecule has 0 saturated carbocycles. The summed E-state index contributed by atoms with van der Waals surface area (Å²) >= 11 is 0. The van der Waals surface area contributed by atoms with Crippen molar-refractivity contribution in [3.8, 4) is 55.6 Å². The van der Waals surface area contributed by atoms with Crippen LogP contribution in [0.15, 0.2) is 253 Å². The largest absolute Gasteiger partial charge is 0.366 e. The molecule has 3 aliphatic rings. The van der Waals surface area contributed by atoms with Gasteiger partial charge in [-0.05, 0) is 139 Å². The third-order valence-electron chi connectivity index (χ3n) is 13.0. The first kappa shape index (κ1) is 42.2. The highest BCUT2D eigenvalue weighted by Crippen LogP contribution is 2.49. The number of amidine groups is 2. The van der Waals surface area contributed by atoms with Crippen molar-refractivity contribution in [2.24, 2.45) is 9.98 Å². The van der Waals surface area contributed by atoms with Crippen molar-refractivity contribution in [2.45, 2.75) is 25.7 Å². The summed E-state index contributed by atoms with van der Waals surface area (Å²) in [5.74, 6) is 1.45. The first-order valence-corrected chi connectivity index (χ1v) is 23.8. The van der Waals surface area contributed by atoms with E-state index in [1.54, 1.807) is 0 Å². The number of nitrogens with zero attached hydrogens (tertiary/aromatic N) is 2. The Labute approximate surface area is 400 Å². The lowest BCUT2D eigenvalue weighted by Gasteiger charge is -2.26. The Morgan fingerprint density at radius 2 is 0.779 bits per heavy atom. The fourth-order valence-electron chi connectivity index (χ4n) is 9.69. The van der Waals surface area contributed by atoms with Crippen molar-refractivity contribution in [1.29, 1.82) is 0 Å². The van der Waals surface area contributed by atoms with Crippen LogP contribution < -0.4 is 5.32 Å². The summed E-state index contributed by atoms with van der Waals surface area (Å²) in [5, 5.41) is 3.63. The Morgan fingerprint density at radius 3 is 1.34 bits per heavy atom. The average Bonchev–Trinajstić information content (AvgIpc) is 3.42. The molecule has 11 rings (SSSR count). The van der Waals surface area contributed by atoms with Crippen LogP contribution in [0.4, 0.5) is 0 Å². The maximum absolute atomic E-state index is 5.21. The van der Waals surface area contributed by atoms with E-state index in [1.807, 2.05) is 36.4 Å². The van der Waals surface area contributed by atoms with E-state index in [2.05, 4.69) is 212 Å². The molecule has 0 spiro atoms. The summed E-state index contributed by atoms with van der Waals surface area (Å²) in [4.78, 5) is 10.4. The zero-order valence-electron chi connectivity index (χ0n) is 38.0. The van der Waals surface area contributed by atoms with Crippen molar-refractivity contribution in [1.82, 2.24) is 5.32 Å². The van der Waals surface area contributed by atoms with Crippen LogP contribution in [0.3, 0.4) is 0 Å². The maximum Gasteiger partial charge on any atom is 0.162 e. The minimum atomic E-state index is 0.594. The number of nitrogens with one attached hydrogen (secondary N) is 1. The van der Waals surface area contributed by atoms with Gasteiger partial charge in [-0.1, -0.05) is 212 Å². The van der Waals surface area contributed by atoms with Crippen molar-refractivity contribution in [3.05, 3.63) is 271 Å². The molecular formula is C65H51N3. The lowest BCUT2D eigenvalue weighted by molar-refractivity contribution is 1.03. The summed E-state index contributed by atoms with van der Waals surface area (Å²) in [7, 11) is 0. The molecule has 0 radical (unpaired) electrons. The molecule has 0 saturated heterocycles. The molecule has 0 bridgehead atoms. The van der Waals surface area contributed by atoms with Crippen LogP contribution in [-0.4, -0.2) is 18.2 Å². The predicted molar refractivity (Wildman–Crippen MR) is 288 cm³/mol. The Hall–Kier alpha value is -8.40. The monoisotopic (exact) mass is 873 g/mol. The smallest absolute Gasteiger partial charge is 0.162 e. The molecule has 8 aromatic carbocycles. The molecule has 3 nitrogen and oxygen atoms in total. The molecule has 8 aromatic rings. The Morgan fingerprint density at radius 1 is 0.324 bits per heavy atom. The SMILES string of the molecule is C1=CC(c2cc(-c3cccc(-c4cccc(-c5cccc(C6=NC(c7ccccc7)=N/C(c7ccccc7)=C/CN6)c5)c4)c3)c(-c3ccccc3)c(C3=CCCC=C3)c2-c2ccccc2)=CCC1. The number of hydrogen-bond donors (Lipinski definition) is 1. The molecule has 1 aliphatic heterocycles. The first-order chi connectivity index (χ1) is 33.7. The molecule has 1 heterocycles. The van der Waals surface area contributed by atoms with Crippen molar-refractivity contribution >= 4 is 28.5 Å². The minimum absolute atomic E-state index is 0.594. The van der Waals surface area contributed by atoms with E-state index in [0.29, 0.717) is 12.4 Å². The molecule has 68 heavy (non-hydrogen) atoms. The van der Waals surface area contributed by atoms with Crippen molar-refractivity contribution in [3.63, 3.8) is 0 Å². The van der Waals surface area contributed by atoms with Gasteiger partial charge in [-0.25, -0.2) is 9.98 Å². The third-order valence-corrected chi connectivity index (χ3v) is 13.0. The first-order valence-electron chi connectivity index (χ1n) is 23.8. The van der Waals surface area contributed by atoms with Gasteiger partial charge >= 0.3 is 0 Å². The molecule has 1 N–H and O–H groups in total. The number of aliphatic imine (C=N–C) groups is 2. The number of allylic oxidation sites excluding steroid dienone is 8. The summed E-state index contributed by atoms with van der Waals surface area (Å²) < 4.78 is 0. The van der Waals surface area contributed by atoms with Crippen LogP contribution in [0.1, 0.15) is 53.5 Å². The normalized spacial score (nSPS) is 15.4. The molecule has 326 valence electrons. The van der Waals surface area contributed by atoms with E-state index in [9.17, 15) is 0 Å². The van der Waals surface area contributed by atoms with Gasteiger partial charge in [0, 0.05) is 17.7 Å². The highest BCUT2D eigenvalue weighted by atomic mass is 15.0. The molecule has 0 amide bonds. The second-order valence-electron chi connectivity index (χ2n) is 17.4. The predicted octanol–water partition coefficient (Wildman–Crippen LogP) is 16.3. The van der Waals surface area contributed by atoms with Gasteiger partial charge in [0.1, 0.15) is 5.84 Å². The molecule has 0 fully saturated rings. The highest BCUT2D eigenvalue weighted by molar-refractivity contribution is 6.13. The Kier molecular flexibility index (Phi) is 12.2. The number of benzene rings is 8. The van der Waals surface area contributed by atoms with Gasteiger partial charge < -0.3 is 5.32 Å². The van der Waals surface area contributed by atoms with E-state index < -0.39 is 0 Å². The Balaban J connectivity index is 1.01. The van der Waals surface area contributed by atoms with E-state index in [1.165, 1.54) is 61.2 Å². The topological polar surface area (TPSA) is 36.8 Å². The van der Waals surface area contributed by atoms with Crippen LogP contribution >= 0.6 is 0 Å². The van der Waals surface area contributed by atoms with Gasteiger partial charge in [0.15, 0.2) is 5.84 Å². The van der Waals surface area contributed by atoms with Crippen molar-refractivity contribution in [2.75, 3.05) is 6.54 Å². The van der Waals surface area contributed by atoms with E-state index in [-0.39, 0.29) is 0 Å². The quantitative estimate of drug-likeness (QED) is 0.146. The molecule has 3 heteroatoms. The maximum atomic E-state index is 5.21. The number of hydrogen-bond acceptors (Lipinski definition) is 3. The molecule has 0 aromatic heterocycles. The summed E-state index contributed by atoms with van der Waals surface area (Å²) in [5.41, 5.74) is 21.0. The Bertz CT molecular complexity index is 3350. The van der Waals surface area contributed by atoms with Gasteiger partial charge in [-0.3, -0.25) is 0 Å². The molecule has 0 atom stereocenters. The van der Waals surface area contributed by atoms with Crippen LogP contribution in [-0.2, 0) is 0 Å². The van der Waals surface area contributed by atoms with E-state index >= 15 is 0 Å². The minimum Gasteiger partial charge on any atom is -0.366 e. The van der Waals surface area contributed by atoms with Gasteiger partial charge in [-0.15, -0.1) is 0 Å². The lowest BCUT2D eigenvalue weighted by atomic mass is 9.77. The fourth-order valence-corrected chi connectivity index (χ4v) is 9.69. The average molecular weight is 874 g/mol. The fraction of sp³-hybridized carbons (Fsp3) is 0.0769. The zero-order chi connectivity index (χ0) is 45.5. The summed E-state index contributed by atoms with van der Waals surface area (Å²) in [6, 6.07) is 71.8. The van der Waals surface area contributed by atoms with Crippen LogP contribution in [0, 0.1) is 0 Å².